The topological polar surface area (TPSA) is 72.4 Å². The Morgan fingerprint density at radius 2 is 2.09 bits per heavy atom. The predicted octanol–water partition coefficient (Wildman–Crippen LogP) is 3.13. The van der Waals surface area contributed by atoms with Gasteiger partial charge in [0, 0.05) is 13.1 Å². The molecule has 0 aromatic carbocycles. The third kappa shape index (κ3) is 3.19. The Bertz CT molecular complexity index is 646. The Morgan fingerprint density at radius 3 is 2.77 bits per heavy atom. The van der Waals surface area contributed by atoms with Crippen molar-refractivity contribution < 1.29 is 13.6 Å². The number of likely N-dealkylation sites (tertiary alicyclic amines) is 1. The highest BCUT2D eigenvalue weighted by Gasteiger charge is 2.25. The van der Waals surface area contributed by atoms with Gasteiger partial charge >= 0.3 is 0 Å². The van der Waals surface area contributed by atoms with Gasteiger partial charge in [-0.15, -0.1) is 10.2 Å². The molecule has 1 saturated heterocycles. The van der Waals surface area contributed by atoms with Crippen LogP contribution in [0.5, 0.6) is 0 Å². The SMILES string of the molecule is Cc1occc1-c1nnc(S[C@H](C)C(=O)N2CCCCC2)o1. The van der Waals surface area contributed by atoms with Gasteiger partial charge < -0.3 is 13.7 Å². The van der Waals surface area contributed by atoms with Gasteiger partial charge in [-0.25, -0.2) is 0 Å². The number of aryl methyl sites for hydroxylation is 1. The van der Waals surface area contributed by atoms with Crippen LogP contribution in [0.3, 0.4) is 0 Å². The number of thioether (sulfide) groups is 1. The summed E-state index contributed by atoms with van der Waals surface area (Å²) >= 11 is 1.31. The molecule has 0 bridgehead atoms. The van der Waals surface area contributed by atoms with Crippen molar-refractivity contribution in [3.63, 3.8) is 0 Å². The van der Waals surface area contributed by atoms with Gasteiger partial charge in [-0.2, -0.15) is 0 Å². The van der Waals surface area contributed by atoms with Gasteiger partial charge in [-0.3, -0.25) is 4.79 Å². The Labute approximate surface area is 133 Å². The number of hydrogen-bond acceptors (Lipinski definition) is 6. The minimum atomic E-state index is -0.225. The smallest absolute Gasteiger partial charge is 0.277 e. The zero-order valence-corrected chi connectivity index (χ0v) is 13.6. The van der Waals surface area contributed by atoms with Crippen LogP contribution in [0, 0.1) is 6.92 Å². The first-order valence-corrected chi connectivity index (χ1v) is 8.36. The Morgan fingerprint density at radius 1 is 1.32 bits per heavy atom. The van der Waals surface area contributed by atoms with Gasteiger partial charge in [-0.1, -0.05) is 11.8 Å². The van der Waals surface area contributed by atoms with E-state index >= 15 is 0 Å². The minimum absolute atomic E-state index is 0.143. The van der Waals surface area contributed by atoms with Gasteiger partial charge in [0.15, 0.2) is 0 Å². The number of amides is 1. The first-order valence-electron chi connectivity index (χ1n) is 7.48. The number of piperidine rings is 1. The summed E-state index contributed by atoms with van der Waals surface area (Å²) in [5.74, 6) is 1.30. The molecule has 0 unspecified atom stereocenters. The van der Waals surface area contributed by atoms with E-state index in [4.69, 9.17) is 8.83 Å². The molecule has 2 aromatic rings. The molecule has 1 aliphatic heterocycles. The van der Waals surface area contributed by atoms with E-state index in [0.29, 0.717) is 11.1 Å². The normalized spacial score (nSPS) is 16.7. The van der Waals surface area contributed by atoms with E-state index in [-0.39, 0.29) is 11.2 Å². The maximum Gasteiger partial charge on any atom is 0.277 e. The standard InChI is InChI=1S/C15H19N3O3S/c1-10-12(6-9-20-10)13-16-17-15(21-13)22-11(2)14(19)18-7-4-3-5-8-18/h6,9,11H,3-5,7-8H2,1-2H3/t11-/m1/s1. The molecule has 2 aromatic heterocycles. The largest absolute Gasteiger partial charge is 0.469 e. The van der Waals surface area contributed by atoms with E-state index < -0.39 is 0 Å². The van der Waals surface area contributed by atoms with Gasteiger partial charge in [0.25, 0.3) is 11.1 Å². The zero-order valence-electron chi connectivity index (χ0n) is 12.7. The van der Waals surface area contributed by atoms with Crippen LogP contribution in [0.25, 0.3) is 11.5 Å². The second kappa shape index (κ2) is 6.56. The minimum Gasteiger partial charge on any atom is -0.469 e. The number of nitrogens with zero attached hydrogens (tertiary/aromatic N) is 3. The summed E-state index contributed by atoms with van der Waals surface area (Å²) in [7, 11) is 0. The highest BCUT2D eigenvalue weighted by Crippen LogP contribution is 2.29. The summed E-state index contributed by atoms with van der Waals surface area (Å²) < 4.78 is 10.9. The lowest BCUT2D eigenvalue weighted by molar-refractivity contribution is -0.131. The summed E-state index contributed by atoms with van der Waals surface area (Å²) in [5.41, 5.74) is 0.786. The second-order valence-electron chi connectivity index (χ2n) is 5.41. The number of hydrogen-bond donors (Lipinski definition) is 0. The maximum absolute atomic E-state index is 12.4. The van der Waals surface area contributed by atoms with E-state index in [0.717, 1.165) is 37.3 Å². The molecule has 1 aliphatic rings. The fourth-order valence-electron chi connectivity index (χ4n) is 2.55. The van der Waals surface area contributed by atoms with Crippen LogP contribution in [0.15, 0.2) is 26.4 Å². The van der Waals surface area contributed by atoms with Crippen molar-refractivity contribution in [1.82, 2.24) is 15.1 Å². The molecule has 1 atom stereocenters. The zero-order chi connectivity index (χ0) is 15.5. The summed E-state index contributed by atoms with van der Waals surface area (Å²) in [6.07, 6.45) is 4.98. The summed E-state index contributed by atoms with van der Waals surface area (Å²) in [5, 5.41) is 8.22. The van der Waals surface area contributed by atoms with Crippen molar-refractivity contribution in [2.45, 2.75) is 43.6 Å². The van der Waals surface area contributed by atoms with Gasteiger partial charge in [0.05, 0.1) is 17.1 Å². The molecule has 6 nitrogen and oxygen atoms in total. The summed E-state index contributed by atoms with van der Waals surface area (Å²) in [6.45, 7) is 5.43. The van der Waals surface area contributed by atoms with E-state index in [2.05, 4.69) is 10.2 Å². The molecule has 0 aliphatic carbocycles. The van der Waals surface area contributed by atoms with Crippen molar-refractivity contribution >= 4 is 17.7 Å². The molecule has 0 saturated carbocycles. The third-order valence-corrected chi connectivity index (χ3v) is 4.71. The first-order chi connectivity index (χ1) is 10.6. The number of aromatic nitrogens is 2. The number of carbonyl (C=O) groups is 1. The Hall–Kier alpha value is -1.76. The Kier molecular flexibility index (Phi) is 4.52. The lowest BCUT2D eigenvalue weighted by atomic mass is 10.1. The van der Waals surface area contributed by atoms with Crippen molar-refractivity contribution in [2.75, 3.05) is 13.1 Å². The molecule has 1 fully saturated rings. The van der Waals surface area contributed by atoms with E-state index in [1.807, 2.05) is 18.7 Å². The molecule has 7 heteroatoms. The fourth-order valence-corrected chi connectivity index (χ4v) is 3.31. The summed E-state index contributed by atoms with van der Waals surface area (Å²) in [6, 6.07) is 1.79. The number of furan rings is 1. The fraction of sp³-hybridized carbons (Fsp3) is 0.533. The average Bonchev–Trinajstić information content (AvgIpc) is 3.16. The molecule has 0 radical (unpaired) electrons. The third-order valence-electron chi connectivity index (χ3n) is 3.79. The molecular weight excluding hydrogens is 302 g/mol. The van der Waals surface area contributed by atoms with Crippen LogP contribution in [-0.2, 0) is 4.79 Å². The van der Waals surface area contributed by atoms with Crippen LogP contribution in [0.2, 0.25) is 0 Å². The molecule has 118 valence electrons. The first kappa shape index (κ1) is 15.1. The monoisotopic (exact) mass is 321 g/mol. The number of rotatable bonds is 4. The van der Waals surface area contributed by atoms with Gasteiger partial charge in [0.2, 0.25) is 5.91 Å². The van der Waals surface area contributed by atoms with Gasteiger partial charge in [-0.05, 0) is 39.2 Å². The molecule has 3 heterocycles. The molecule has 22 heavy (non-hydrogen) atoms. The molecule has 0 N–H and O–H groups in total. The maximum atomic E-state index is 12.4. The van der Waals surface area contributed by atoms with Gasteiger partial charge in [0.1, 0.15) is 5.76 Å². The average molecular weight is 321 g/mol. The molecular formula is C15H19N3O3S. The number of carbonyl (C=O) groups excluding carboxylic acids is 1. The molecule has 0 spiro atoms. The van der Waals surface area contributed by atoms with Crippen LogP contribution in [0.4, 0.5) is 0 Å². The van der Waals surface area contributed by atoms with Crippen molar-refractivity contribution in [1.29, 1.82) is 0 Å². The highest BCUT2D eigenvalue weighted by atomic mass is 32.2. The van der Waals surface area contributed by atoms with Crippen LogP contribution in [-0.4, -0.2) is 39.3 Å². The Balaban J connectivity index is 1.64. The second-order valence-corrected chi connectivity index (χ2v) is 6.70. The predicted molar refractivity (Wildman–Crippen MR) is 82.5 cm³/mol. The van der Waals surface area contributed by atoms with Crippen molar-refractivity contribution in [3.05, 3.63) is 18.1 Å². The molecule has 3 rings (SSSR count). The van der Waals surface area contributed by atoms with Crippen molar-refractivity contribution in [3.8, 4) is 11.5 Å². The quantitative estimate of drug-likeness (QED) is 0.806. The van der Waals surface area contributed by atoms with Crippen LogP contribution >= 0.6 is 11.8 Å². The summed E-state index contributed by atoms with van der Waals surface area (Å²) in [4.78, 5) is 14.3. The molecule has 1 amide bonds. The van der Waals surface area contributed by atoms with E-state index in [1.54, 1.807) is 12.3 Å². The van der Waals surface area contributed by atoms with Crippen LogP contribution < -0.4 is 0 Å². The lowest BCUT2D eigenvalue weighted by Crippen LogP contribution is -2.40. The lowest BCUT2D eigenvalue weighted by Gasteiger charge is -2.28. The highest BCUT2D eigenvalue weighted by molar-refractivity contribution is 8.00. The van der Waals surface area contributed by atoms with E-state index in [1.165, 1.54) is 18.2 Å². The van der Waals surface area contributed by atoms with Crippen molar-refractivity contribution in [2.24, 2.45) is 0 Å². The van der Waals surface area contributed by atoms with Crippen LogP contribution in [0.1, 0.15) is 31.9 Å². The van der Waals surface area contributed by atoms with E-state index in [9.17, 15) is 4.79 Å².